The van der Waals surface area contributed by atoms with Gasteiger partial charge in [0.1, 0.15) is 0 Å². The molecule has 12 heavy (non-hydrogen) atoms. The van der Waals surface area contributed by atoms with Gasteiger partial charge in [-0.15, -0.1) is 11.3 Å². The van der Waals surface area contributed by atoms with Gasteiger partial charge < -0.3 is 5.32 Å². The summed E-state index contributed by atoms with van der Waals surface area (Å²) in [4.78, 5) is 4.10. The van der Waals surface area contributed by atoms with Gasteiger partial charge in [0.2, 0.25) is 0 Å². The van der Waals surface area contributed by atoms with Crippen molar-refractivity contribution in [2.45, 2.75) is 0 Å². The van der Waals surface area contributed by atoms with Crippen LogP contribution in [0, 0.1) is 6.07 Å². The standard InChI is InChI=1S/C9H7N2S/c1-2-4-8(5-3-1)11-9-10-6-7-12-9/h1-4,6-7H,(H,10,11). The fourth-order valence-electron chi connectivity index (χ4n) is 0.871. The summed E-state index contributed by atoms with van der Waals surface area (Å²) in [5.41, 5.74) is 0.951. The average molecular weight is 175 g/mol. The number of benzene rings is 1. The highest BCUT2D eigenvalue weighted by Gasteiger charge is 1.93. The zero-order valence-electron chi connectivity index (χ0n) is 6.32. The smallest absolute Gasteiger partial charge is 0.187 e. The van der Waals surface area contributed by atoms with Crippen LogP contribution < -0.4 is 5.32 Å². The lowest BCUT2D eigenvalue weighted by molar-refractivity contribution is 1.39. The van der Waals surface area contributed by atoms with E-state index in [1.807, 2.05) is 29.6 Å². The molecular formula is C9H7N2S. The summed E-state index contributed by atoms with van der Waals surface area (Å²) < 4.78 is 0. The van der Waals surface area contributed by atoms with Crippen molar-refractivity contribution in [3.63, 3.8) is 0 Å². The Balaban J connectivity index is 2.15. The Kier molecular flexibility index (Phi) is 2.05. The first kappa shape index (κ1) is 7.31. The molecule has 0 fully saturated rings. The molecule has 59 valence electrons. The maximum atomic E-state index is 4.10. The SMILES string of the molecule is [c]1ccccc1Nc1nccs1. The highest BCUT2D eigenvalue weighted by molar-refractivity contribution is 7.13. The molecule has 0 saturated carbocycles. The normalized spacial score (nSPS) is 9.67. The van der Waals surface area contributed by atoms with Gasteiger partial charge in [0.05, 0.1) is 0 Å². The van der Waals surface area contributed by atoms with Gasteiger partial charge in [-0.1, -0.05) is 18.2 Å². The van der Waals surface area contributed by atoms with E-state index < -0.39 is 0 Å². The van der Waals surface area contributed by atoms with Crippen LogP contribution in [0.4, 0.5) is 10.8 Å². The van der Waals surface area contributed by atoms with E-state index in [9.17, 15) is 0 Å². The molecule has 2 aromatic rings. The molecule has 1 N–H and O–H groups in total. The topological polar surface area (TPSA) is 24.9 Å². The monoisotopic (exact) mass is 175 g/mol. The van der Waals surface area contributed by atoms with Crippen molar-refractivity contribution < 1.29 is 0 Å². The molecule has 0 aliphatic rings. The van der Waals surface area contributed by atoms with Gasteiger partial charge in [0, 0.05) is 23.3 Å². The summed E-state index contributed by atoms with van der Waals surface area (Å²) in [6.07, 6.45) is 1.77. The lowest BCUT2D eigenvalue weighted by Crippen LogP contribution is -1.87. The van der Waals surface area contributed by atoms with E-state index in [4.69, 9.17) is 0 Å². The molecular weight excluding hydrogens is 168 g/mol. The third-order valence-electron chi connectivity index (χ3n) is 1.38. The van der Waals surface area contributed by atoms with Crippen molar-refractivity contribution in [3.05, 3.63) is 41.9 Å². The van der Waals surface area contributed by atoms with E-state index in [1.54, 1.807) is 17.5 Å². The molecule has 1 radical (unpaired) electrons. The lowest BCUT2D eigenvalue weighted by atomic mass is 10.3. The minimum absolute atomic E-state index is 0.900. The van der Waals surface area contributed by atoms with Crippen LogP contribution in [0.15, 0.2) is 35.8 Å². The van der Waals surface area contributed by atoms with Crippen LogP contribution >= 0.6 is 11.3 Å². The van der Waals surface area contributed by atoms with Crippen molar-refractivity contribution in [2.24, 2.45) is 0 Å². The number of hydrogen-bond acceptors (Lipinski definition) is 3. The summed E-state index contributed by atoms with van der Waals surface area (Å²) in [5, 5.41) is 5.97. The van der Waals surface area contributed by atoms with Crippen molar-refractivity contribution in [2.75, 3.05) is 5.32 Å². The average Bonchev–Trinajstić information content (AvgIpc) is 2.59. The molecule has 2 rings (SSSR count). The lowest BCUT2D eigenvalue weighted by Gasteiger charge is -1.99. The van der Waals surface area contributed by atoms with Gasteiger partial charge in [0.25, 0.3) is 0 Å². The van der Waals surface area contributed by atoms with Gasteiger partial charge in [-0.05, 0) is 6.07 Å². The van der Waals surface area contributed by atoms with E-state index >= 15 is 0 Å². The van der Waals surface area contributed by atoms with Gasteiger partial charge in [-0.2, -0.15) is 0 Å². The summed E-state index contributed by atoms with van der Waals surface area (Å²) in [5.74, 6) is 0. The van der Waals surface area contributed by atoms with Crippen LogP contribution in [-0.4, -0.2) is 4.98 Å². The minimum atomic E-state index is 0.900. The zero-order chi connectivity index (χ0) is 8.23. The molecule has 3 heteroatoms. The fourth-order valence-corrected chi connectivity index (χ4v) is 1.41. The molecule has 0 aliphatic carbocycles. The predicted octanol–water partition coefficient (Wildman–Crippen LogP) is 2.69. The van der Waals surface area contributed by atoms with E-state index in [0.29, 0.717) is 0 Å². The quantitative estimate of drug-likeness (QED) is 0.759. The highest BCUT2D eigenvalue weighted by atomic mass is 32.1. The van der Waals surface area contributed by atoms with Gasteiger partial charge in [0.15, 0.2) is 5.13 Å². The van der Waals surface area contributed by atoms with Gasteiger partial charge in [-0.25, -0.2) is 4.98 Å². The number of hydrogen-bond donors (Lipinski definition) is 1. The Bertz CT molecular complexity index is 329. The van der Waals surface area contributed by atoms with Crippen LogP contribution in [0.2, 0.25) is 0 Å². The summed E-state index contributed by atoms with van der Waals surface area (Å²) in [7, 11) is 0. The number of rotatable bonds is 2. The molecule has 2 nitrogen and oxygen atoms in total. The number of nitrogens with one attached hydrogen (secondary N) is 1. The van der Waals surface area contributed by atoms with E-state index in [2.05, 4.69) is 16.4 Å². The van der Waals surface area contributed by atoms with E-state index in [1.165, 1.54) is 0 Å². The van der Waals surface area contributed by atoms with Crippen molar-refractivity contribution in [3.8, 4) is 0 Å². The first-order valence-corrected chi connectivity index (χ1v) is 4.46. The molecule has 0 amide bonds. The summed E-state index contributed by atoms with van der Waals surface area (Å²) in [6, 6.07) is 10.8. The second kappa shape index (κ2) is 3.36. The van der Waals surface area contributed by atoms with Crippen LogP contribution in [-0.2, 0) is 0 Å². The number of nitrogens with zero attached hydrogens (tertiary/aromatic N) is 1. The Morgan fingerprint density at radius 3 is 3.08 bits per heavy atom. The fraction of sp³-hybridized carbons (Fsp3) is 0. The maximum Gasteiger partial charge on any atom is 0.187 e. The Morgan fingerprint density at radius 2 is 2.42 bits per heavy atom. The third kappa shape index (κ3) is 1.62. The number of thiazole rings is 1. The molecule has 1 heterocycles. The molecule has 1 aromatic carbocycles. The van der Waals surface area contributed by atoms with E-state index in [0.717, 1.165) is 10.8 Å². The molecule has 0 spiro atoms. The molecule has 0 unspecified atom stereocenters. The number of anilines is 2. The highest BCUT2D eigenvalue weighted by Crippen LogP contribution is 2.16. The van der Waals surface area contributed by atoms with Gasteiger partial charge in [-0.3, -0.25) is 0 Å². The van der Waals surface area contributed by atoms with Gasteiger partial charge >= 0.3 is 0 Å². The third-order valence-corrected chi connectivity index (χ3v) is 2.07. The Hall–Kier alpha value is -1.35. The van der Waals surface area contributed by atoms with Crippen molar-refractivity contribution >= 4 is 22.2 Å². The maximum absolute atomic E-state index is 4.10. The summed E-state index contributed by atoms with van der Waals surface area (Å²) >= 11 is 1.58. The molecule has 0 aliphatic heterocycles. The molecule has 0 bridgehead atoms. The second-order valence-electron chi connectivity index (χ2n) is 2.24. The summed E-state index contributed by atoms with van der Waals surface area (Å²) in [6.45, 7) is 0. The first-order valence-electron chi connectivity index (χ1n) is 3.58. The molecule has 0 atom stereocenters. The van der Waals surface area contributed by atoms with Crippen LogP contribution in [0.5, 0.6) is 0 Å². The molecule has 0 saturated heterocycles. The minimum Gasteiger partial charge on any atom is -0.331 e. The number of para-hydroxylation sites is 1. The Morgan fingerprint density at radius 1 is 1.42 bits per heavy atom. The van der Waals surface area contributed by atoms with Crippen LogP contribution in [0.1, 0.15) is 0 Å². The predicted molar refractivity (Wildman–Crippen MR) is 50.7 cm³/mol. The molecule has 1 aromatic heterocycles. The first-order chi connectivity index (χ1) is 5.95. The van der Waals surface area contributed by atoms with Crippen molar-refractivity contribution in [1.82, 2.24) is 4.98 Å². The van der Waals surface area contributed by atoms with Crippen LogP contribution in [0.25, 0.3) is 0 Å². The van der Waals surface area contributed by atoms with E-state index in [-0.39, 0.29) is 0 Å². The largest absolute Gasteiger partial charge is 0.331 e. The van der Waals surface area contributed by atoms with Crippen molar-refractivity contribution in [1.29, 1.82) is 0 Å². The Labute approximate surface area is 74.9 Å². The second-order valence-corrected chi connectivity index (χ2v) is 3.13. The number of aromatic nitrogens is 1. The van der Waals surface area contributed by atoms with Crippen LogP contribution in [0.3, 0.4) is 0 Å². The zero-order valence-corrected chi connectivity index (χ0v) is 7.14.